The van der Waals surface area contributed by atoms with Crippen molar-refractivity contribution in [3.05, 3.63) is 71.4 Å². The van der Waals surface area contributed by atoms with Crippen molar-refractivity contribution in [2.24, 2.45) is 5.10 Å². The standard InChI is InChI=1S/C22H22N4S/c1-16-18-15-26(22-23-20-9-5-6-10-21(20)27-22)24-19(18)12-14-25(16)13-11-17-7-3-2-4-8-17/h2-10H,11-15H2,1H3. The van der Waals surface area contributed by atoms with E-state index in [1.165, 1.54) is 27.2 Å². The quantitative estimate of drug-likeness (QED) is 0.664. The summed E-state index contributed by atoms with van der Waals surface area (Å²) >= 11 is 1.72. The van der Waals surface area contributed by atoms with Crippen LogP contribution in [0.3, 0.4) is 0 Å². The Kier molecular flexibility index (Phi) is 4.17. The Bertz CT molecular complexity index is 1000. The van der Waals surface area contributed by atoms with E-state index in [2.05, 4.69) is 65.4 Å². The van der Waals surface area contributed by atoms with E-state index < -0.39 is 0 Å². The second-order valence-electron chi connectivity index (χ2n) is 7.11. The highest BCUT2D eigenvalue weighted by molar-refractivity contribution is 7.22. The van der Waals surface area contributed by atoms with Gasteiger partial charge < -0.3 is 4.90 Å². The fourth-order valence-corrected chi connectivity index (χ4v) is 4.79. The first-order chi connectivity index (χ1) is 13.3. The molecular formula is C22H22N4S. The van der Waals surface area contributed by atoms with Crippen molar-refractivity contribution in [1.29, 1.82) is 0 Å². The van der Waals surface area contributed by atoms with E-state index in [0.29, 0.717) is 0 Å². The first-order valence-corrected chi connectivity index (χ1v) is 10.3. The minimum atomic E-state index is 0.836. The summed E-state index contributed by atoms with van der Waals surface area (Å²) in [6.45, 7) is 5.20. The molecule has 2 aliphatic rings. The van der Waals surface area contributed by atoms with Gasteiger partial charge in [0.2, 0.25) is 5.13 Å². The van der Waals surface area contributed by atoms with Gasteiger partial charge in [-0.05, 0) is 31.0 Å². The Labute approximate surface area is 163 Å². The van der Waals surface area contributed by atoms with Crippen molar-refractivity contribution in [3.8, 4) is 0 Å². The van der Waals surface area contributed by atoms with E-state index in [9.17, 15) is 0 Å². The Balaban J connectivity index is 1.35. The number of nitrogens with zero attached hydrogens (tertiary/aromatic N) is 4. The van der Waals surface area contributed by atoms with Gasteiger partial charge in [0.15, 0.2) is 0 Å². The first-order valence-electron chi connectivity index (χ1n) is 9.47. The molecule has 5 rings (SSSR count). The van der Waals surface area contributed by atoms with Crippen molar-refractivity contribution in [2.45, 2.75) is 19.8 Å². The number of allylic oxidation sites excluding steroid dienone is 1. The topological polar surface area (TPSA) is 31.7 Å². The summed E-state index contributed by atoms with van der Waals surface area (Å²) in [6.07, 6.45) is 2.10. The number of benzene rings is 2. The second kappa shape index (κ2) is 6.82. The van der Waals surface area contributed by atoms with Crippen molar-refractivity contribution in [1.82, 2.24) is 9.88 Å². The van der Waals surface area contributed by atoms with Gasteiger partial charge in [-0.15, -0.1) is 0 Å². The molecule has 0 aliphatic carbocycles. The van der Waals surface area contributed by atoms with Crippen LogP contribution >= 0.6 is 11.3 Å². The number of hydrogen-bond donors (Lipinski definition) is 0. The van der Waals surface area contributed by atoms with E-state index in [1.54, 1.807) is 11.3 Å². The van der Waals surface area contributed by atoms with Crippen molar-refractivity contribution >= 4 is 32.4 Å². The summed E-state index contributed by atoms with van der Waals surface area (Å²) in [5.41, 5.74) is 6.45. The number of thiazole rings is 1. The lowest BCUT2D eigenvalue weighted by Gasteiger charge is -2.31. The van der Waals surface area contributed by atoms with Crippen LogP contribution in [0.25, 0.3) is 10.2 Å². The molecule has 0 spiro atoms. The van der Waals surface area contributed by atoms with Gasteiger partial charge in [0.1, 0.15) is 0 Å². The zero-order chi connectivity index (χ0) is 18.2. The number of rotatable bonds is 4. The number of hydrazone groups is 1. The van der Waals surface area contributed by atoms with Crippen LogP contribution in [-0.2, 0) is 6.42 Å². The van der Waals surface area contributed by atoms with E-state index >= 15 is 0 Å². The summed E-state index contributed by atoms with van der Waals surface area (Å²) in [6, 6.07) is 19.0. The smallest absolute Gasteiger partial charge is 0.207 e. The first kappa shape index (κ1) is 16.5. The van der Waals surface area contributed by atoms with Gasteiger partial charge in [0.25, 0.3) is 0 Å². The van der Waals surface area contributed by atoms with Gasteiger partial charge >= 0.3 is 0 Å². The molecule has 0 saturated heterocycles. The molecule has 5 heteroatoms. The minimum absolute atomic E-state index is 0.836. The Morgan fingerprint density at radius 2 is 1.85 bits per heavy atom. The average Bonchev–Trinajstić information content (AvgIpc) is 3.33. The molecule has 27 heavy (non-hydrogen) atoms. The molecule has 2 aliphatic heterocycles. The van der Waals surface area contributed by atoms with Crippen LogP contribution in [0, 0.1) is 0 Å². The van der Waals surface area contributed by atoms with Crippen LogP contribution < -0.4 is 5.01 Å². The minimum Gasteiger partial charge on any atom is -0.374 e. The largest absolute Gasteiger partial charge is 0.374 e. The molecule has 0 N–H and O–H groups in total. The molecule has 0 atom stereocenters. The van der Waals surface area contributed by atoms with Crippen LogP contribution in [0.1, 0.15) is 18.9 Å². The van der Waals surface area contributed by atoms with E-state index in [0.717, 1.165) is 43.1 Å². The molecule has 3 heterocycles. The normalized spacial score (nSPS) is 16.9. The zero-order valence-electron chi connectivity index (χ0n) is 15.4. The van der Waals surface area contributed by atoms with Gasteiger partial charge in [-0.3, -0.25) is 0 Å². The summed E-state index contributed by atoms with van der Waals surface area (Å²) in [5.74, 6) is 0. The van der Waals surface area contributed by atoms with Crippen LogP contribution in [0.5, 0.6) is 0 Å². The summed E-state index contributed by atoms with van der Waals surface area (Å²) < 4.78 is 1.22. The van der Waals surface area contributed by atoms with Gasteiger partial charge in [0, 0.05) is 30.8 Å². The fraction of sp³-hybridized carbons (Fsp3) is 0.273. The predicted molar refractivity (Wildman–Crippen MR) is 113 cm³/mol. The fourth-order valence-electron chi connectivity index (χ4n) is 3.88. The SMILES string of the molecule is CC1=C2CN(c3nc4ccccc4s3)N=C2CCN1CCc1ccccc1. The van der Waals surface area contributed by atoms with Crippen molar-refractivity contribution < 1.29 is 0 Å². The Morgan fingerprint density at radius 3 is 2.70 bits per heavy atom. The maximum Gasteiger partial charge on any atom is 0.207 e. The predicted octanol–water partition coefficient (Wildman–Crippen LogP) is 4.69. The van der Waals surface area contributed by atoms with E-state index in [4.69, 9.17) is 10.1 Å². The van der Waals surface area contributed by atoms with Crippen LogP contribution in [0.15, 0.2) is 71.0 Å². The number of para-hydroxylation sites is 1. The lowest BCUT2D eigenvalue weighted by atomic mass is 10.0. The van der Waals surface area contributed by atoms with E-state index in [1.807, 2.05) is 6.07 Å². The molecule has 0 amide bonds. The third-order valence-corrected chi connectivity index (χ3v) is 6.49. The van der Waals surface area contributed by atoms with Crippen LogP contribution in [0.2, 0.25) is 0 Å². The molecule has 0 radical (unpaired) electrons. The highest BCUT2D eigenvalue weighted by Gasteiger charge is 2.30. The maximum absolute atomic E-state index is 4.89. The third-order valence-electron chi connectivity index (χ3n) is 5.44. The molecule has 0 bridgehead atoms. The molecule has 136 valence electrons. The lowest BCUT2D eigenvalue weighted by Crippen LogP contribution is -2.33. The van der Waals surface area contributed by atoms with Gasteiger partial charge in [-0.2, -0.15) is 5.10 Å². The number of hydrogen-bond acceptors (Lipinski definition) is 5. The second-order valence-corrected chi connectivity index (χ2v) is 8.11. The lowest BCUT2D eigenvalue weighted by molar-refractivity contribution is 0.349. The maximum atomic E-state index is 4.89. The van der Waals surface area contributed by atoms with Crippen LogP contribution in [-0.4, -0.2) is 35.2 Å². The molecule has 1 aromatic heterocycles. The van der Waals surface area contributed by atoms with Crippen LogP contribution in [0.4, 0.5) is 5.13 Å². The van der Waals surface area contributed by atoms with Crippen molar-refractivity contribution in [3.63, 3.8) is 0 Å². The summed E-state index contributed by atoms with van der Waals surface area (Å²) in [4.78, 5) is 7.29. The van der Waals surface area contributed by atoms with Crippen molar-refractivity contribution in [2.75, 3.05) is 24.6 Å². The Morgan fingerprint density at radius 1 is 1.04 bits per heavy atom. The third kappa shape index (κ3) is 3.12. The molecule has 0 fully saturated rings. The molecule has 0 unspecified atom stereocenters. The molecule has 2 aromatic carbocycles. The van der Waals surface area contributed by atoms with Gasteiger partial charge in [0.05, 0.1) is 22.5 Å². The van der Waals surface area contributed by atoms with Gasteiger partial charge in [-0.25, -0.2) is 9.99 Å². The highest BCUT2D eigenvalue weighted by Crippen LogP contribution is 2.34. The highest BCUT2D eigenvalue weighted by atomic mass is 32.1. The van der Waals surface area contributed by atoms with E-state index in [-0.39, 0.29) is 0 Å². The molecular weight excluding hydrogens is 352 g/mol. The summed E-state index contributed by atoms with van der Waals surface area (Å²) in [5, 5.41) is 7.97. The number of fused-ring (bicyclic) bond motifs is 2. The monoisotopic (exact) mass is 374 g/mol. The number of anilines is 1. The molecule has 4 nitrogen and oxygen atoms in total. The summed E-state index contributed by atoms with van der Waals surface area (Å²) in [7, 11) is 0. The molecule has 0 saturated carbocycles. The number of aromatic nitrogens is 1. The van der Waals surface area contributed by atoms with Gasteiger partial charge in [-0.1, -0.05) is 53.8 Å². The molecule has 3 aromatic rings. The average molecular weight is 375 g/mol. The zero-order valence-corrected chi connectivity index (χ0v) is 16.2. The Hall–Kier alpha value is -2.66.